The Morgan fingerprint density at radius 1 is 0.762 bits per heavy atom. The van der Waals surface area contributed by atoms with Crippen LogP contribution in [0.3, 0.4) is 0 Å². The maximum atomic E-state index is 9.50. The number of rotatable bonds is 2. The lowest BCUT2D eigenvalue weighted by Crippen LogP contribution is -1.77. The van der Waals surface area contributed by atoms with Crippen molar-refractivity contribution in [2.45, 2.75) is 0 Å². The van der Waals surface area contributed by atoms with E-state index in [9.17, 15) is 20.4 Å². The van der Waals surface area contributed by atoms with Crippen molar-refractivity contribution < 1.29 is 24.9 Å². The Bertz CT molecular complexity index is 769. The molecular formula is C15H11NO5. The zero-order valence-electron chi connectivity index (χ0n) is 10.7. The molecule has 6 nitrogen and oxygen atoms in total. The topological polar surface area (TPSA) is 107 Å². The normalized spacial score (nSPS) is 10.7. The van der Waals surface area contributed by atoms with Gasteiger partial charge in [0.05, 0.1) is 0 Å². The quantitative estimate of drug-likeness (QED) is 0.539. The summed E-state index contributed by atoms with van der Waals surface area (Å²) in [6.07, 6.45) is 0. The van der Waals surface area contributed by atoms with E-state index in [-0.39, 0.29) is 5.75 Å². The van der Waals surface area contributed by atoms with Gasteiger partial charge >= 0.3 is 0 Å². The van der Waals surface area contributed by atoms with Crippen LogP contribution in [-0.2, 0) is 0 Å². The third kappa shape index (κ3) is 2.34. The number of phenolic OH excluding ortho intramolecular Hbond substituents is 4. The third-order valence-corrected chi connectivity index (χ3v) is 3.03. The number of nitrogens with zero attached hydrogens (tertiary/aromatic N) is 1. The van der Waals surface area contributed by atoms with Crippen LogP contribution in [0.1, 0.15) is 0 Å². The first-order valence-electron chi connectivity index (χ1n) is 6.06. The van der Waals surface area contributed by atoms with Crippen LogP contribution < -0.4 is 0 Å². The molecule has 0 aliphatic heterocycles. The average Bonchev–Trinajstić information content (AvgIpc) is 2.95. The molecule has 0 spiro atoms. The summed E-state index contributed by atoms with van der Waals surface area (Å²) < 4.78 is 5.17. The fourth-order valence-corrected chi connectivity index (χ4v) is 1.93. The van der Waals surface area contributed by atoms with Crippen LogP contribution in [0.2, 0.25) is 0 Å². The van der Waals surface area contributed by atoms with Crippen LogP contribution in [0.15, 0.2) is 47.0 Å². The van der Waals surface area contributed by atoms with Gasteiger partial charge in [-0.1, -0.05) is 5.16 Å². The van der Waals surface area contributed by atoms with Crippen LogP contribution in [0.5, 0.6) is 23.0 Å². The molecule has 1 aromatic heterocycles. The number of hydrogen-bond donors (Lipinski definition) is 4. The van der Waals surface area contributed by atoms with Crippen molar-refractivity contribution in [3.05, 3.63) is 42.5 Å². The summed E-state index contributed by atoms with van der Waals surface area (Å²) >= 11 is 0. The zero-order chi connectivity index (χ0) is 15.0. The van der Waals surface area contributed by atoms with E-state index >= 15 is 0 Å². The summed E-state index contributed by atoms with van der Waals surface area (Å²) in [4.78, 5) is 0. The molecule has 0 unspecified atom stereocenters. The van der Waals surface area contributed by atoms with Gasteiger partial charge in [0.25, 0.3) is 0 Å². The molecule has 0 aliphatic carbocycles. The van der Waals surface area contributed by atoms with Gasteiger partial charge in [-0.15, -0.1) is 0 Å². The molecular weight excluding hydrogens is 274 g/mol. The van der Waals surface area contributed by atoms with Crippen molar-refractivity contribution in [3.63, 3.8) is 0 Å². The minimum Gasteiger partial charge on any atom is -0.508 e. The van der Waals surface area contributed by atoms with Gasteiger partial charge in [-0.25, -0.2) is 0 Å². The van der Waals surface area contributed by atoms with Gasteiger partial charge in [0.15, 0.2) is 23.0 Å². The van der Waals surface area contributed by atoms with E-state index in [1.165, 1.54) is 24.3 Å². The van der Waals surface area contributed by atoms with Gasteiger partial charge in [-0.05, 0) is 36.4 Å². The SMILES string of the molecule is Oc1ccc(-c2cc(-c3cc(O)c(O)c(O)c3)on2)cc1. The fourth-order valence-electron chi connectivity index (χ4n) is 1.93. The molecule has 0 fully saturated rings. The highest BCUT2D eigenvalue weighted by atomic mass is 16.5. The molecule has 0 saturated carbocycles. The number of aromatic hydroxyl groups is 4. The highest BCUT2D eigenvalue weighted by Gasteiger charge is 2.14. The van der Waals surface area contributed by atoms with Crippen molar-refractivity contribution in [2.24, 2.45) is 0 Å². The summed E-state index contributed by atoms with van der Waals surface area (Å²) in [6, 6.07) is 10.6. The van der Waals surface area contributed by atoms with Crippen molar-refractivity contribution >= 4 is 0 Å². The maximum absolute atomic E-state index is 9.50. The molecule has 1 heterocycles. The lowest BCUT2D eigenvalue weighted by Gasteiger charge is -2.02. The second-order valence-electron chi connectivity index (χ2n) is 4.49. The molecule has 0 aliphatic rings. The van der Waals surface area contributed by atoms with E-state index < -0.39 is 17.2 Å². The Labute approximate surface area is 119 Å². The highest BCUT2D eigenvalue weighted by Crippen LogP contribution is 2.39. The van der Waals surface area contributed by atoms with Gasteiger partial charge in [0.1, 0.15) is 11.4 Å². The Balaban J connectivity index is 2.00. The van der Waals surface area contributed by atoms with Gasteiger partial charge < -0.3 is 24.9 Å². The highest BCUT2D eigenvalue weighted by molar-refractivity contribution is 5.70. The summed E-state index contributed by atoms with van der Waals surface area (Å²) in [5.74, 6) is -1.02. The first-order chi connectivity index (χ1) is 10.0. The molecule has 106 valence electrons. The van der Waals surface area contributed by atoms with Crippen molar-refractivity contribution in [1.82, 2.24) is 5.16 Å². The Morgan fingerprint density at radius 2 is 1.38 bits per heavy atom. The molecule has 4 N–H and O–H groups in total. The molecule has 2 aromatic carbocycles. The lowest BCUT2D eigenvalue weighted by atomic mass is 10.1. The smallest absolute Gasteiger partial charge is 0.200 e. The molecule has 0 radical (unpaired) electrons. The Morgan fingerprint density at radius 3 is 2.00 bits per heavy atom. The van der Waals surface area contributed by atoms with Gasteiger partial charge in [-0.2, -0.15) is 0 Å². The summed E-state index contributed by atoms with van der Waals surface area (Å²) in [6.45, 7) is 0. The molecule has 21 heavy (non-hydrogen) atoms. The van der Waals surface area contributed by atoms with Crippen LogP contribution in [0.25, 0.3) is 22.6 Å². The van der Waals surface area contributed by atoms with E-state index in [2.05, 4.69) is 5.16 Å². The predicted molar refractivity (Wildman–Crippen MR) is 74.0 cm³/mol. The van der Waals surface area contributed by atoms with Crippen molar-refractivity contribution in [3.8, 4) is 45.6 Å². The zero-order valence-corrected chi connectivity index (χ0v) is 10.7. The van der Waals surface area contributed by atoms with Crippen LogP contribution in [0.4, 0.5) is 0 Å². The summed E-state index contributed by atoms with van der Waals surface area (Å²) in [7, 11) is 0. The van der Waals surface area contributed by atoms with Crippen LogP contribution >= 0.6 is 0 Å². The number of aromatic nitrogens is 1. The second-order valence-corrected chi connectivity index (χ2v) is 4.49. The predicted octanol–water partition coefficient (Wildman–Crippen LogP) is 2.83. The molecule has 3 rings (SSSR count). The van der Waals surface area contributed by atoms with Crippen LogP contribution in [0, 0.1) is 0 Å². The van der Waals surface area contributed by atoms with Gasteiger partial charge in [0.2, 0.25) is 0 Å². The van der Waals surface area contributed by atoms with E-state index in [1.54, 1.807) is 18.2 Å². The monoisotopic (exact) mass is 285 g/mol. The van der Waals surface area contributed by atoms with E-state index in [0.717, 1.165) is 5.56 Å². The largest absolute Gasteiger partial charge is 0.508 e. The molecule has 3 aromatic rings. The fraction of sp³-hybridized carbons (Fsp3) is 0. The average molecular weight is 285 g/mol. The molecule has 0 bridgehead atoms. The van der Waals surface area contributed by atoms with Crippen molar-refractivity contribution in [1.29, 1.82) is 0 Å². The first kappa shape index (κ1) is 12.9. The number of phenols is 4. The standard InChI is InChI=1S/C15H11NO5/c17-10-3-1-8(2-4-10)11-7-14(21-16-11)9-5-12(18)15(20)13(19)6-9/h1-7,17-20H. The lowest BCUT2D eigenvalue weighted by molar-refractivity contribution is 0.367. The number of benzene rings is 2. The first-order valence-corrected chi connectivity index (χ1v) is 6.06. The molecule has 0 amide bonds. The second kappa shape index (κ2) is 4.75. The Kier molecular flexibility index (Phi) is 2.91. The summed E-state index contributed by atoms with van der Waals surface area (Å²) in [5.41, 5.74) is 1.66. The van der Waals surface area contributed by atoms with E-state index in [1.807, 2.05) is 0 Å². The molecule has 0 saturated heterocycles. The van der Waals surface area contributed by atoms with Gasteiger partial charge in [0, 0.05) is 17.2 Å². The van der Waals surface area contributed by atoms with Gasteiger partial charge in [-0.3, -0.25) is 0 Å². The Hall–Kier alpha value is -3.15. The van der Waals surface area contributed by atoms with E-state index in [4.69, 9.17) is 4.52 Å². The number of hydrogen-bond acceptors (Lipinski definition) is 6. The minimum atomic E-state index is -0.586. The third-order valence-electron chi connectivity index (χ3n) is 3.03. The maximum Gasteiger partial charge on any atom is 0.200 e. The minimum absolute atomic E-state index is 0.149. The van der Waals surface area contributed by atoms with E-state index in [0.29, 0.717) is 17.0 Å². The summed E-state index contributed by atoms with van der Waals surface area (Å²) in [5, 5.41) is 41.5. The molecule has 0 atom stereocenters. The van der Waals surface area contributed by atoms with Crippen molar-refractivity contribution in [2.75, 3.05) is 0 Å². The van der Waals surface area contributed by atoms with Crippen LogP contribution in [-0.4, -0.2) is 25.6 Å². The molecule has 6 heteroatoms.